The number of allylic oxidation sites excluding steroid dienone is 1. The van der Waals surface area contributed by atoms with Crippen molar-refractivity contribution in [3.05, 3.63) is 11.3 Å². The van der Waals surface area contributed by atoms with Crippen LogP contribution in [0.1, 0.15) is 13.3 Å². The predicted molar refractivity (Wildman–Crippen MR) is 30.9 cm³/mol. The van der Waals surface area contributed by atoms with E-state index in [1.807, 2.05) is 0 Å². The Labute approximate surface area is 69.5 Å². The van der Waals surface area contributed by atoms with Crippen molar-refractivity contribution in [1.82, 2.24) is 0 Å². The summed E-state index contributed by atoms with van der Waals surface area (Å²) in [6.45, 7) is 1.90. The summed E-state index contributed by atoms with van der Waals surface area (Å²) in [7, 11) is 0. The standard InChI is InChI=1S/C6H8O3.Cu/c1-4(7)5-2-3-9-6(5)8;/h7H,2-3H2,1H3;/b5-4-;. The zero-order chi connectivity index (χ0) is 6.85. The molecule has 0 aliphatic carbocycles. The van der Waals surface area contributed by atoms with Crippen molar-refractivity contribution >= 4 is 5.97 Å². The third kappa shape index (κ3) is 1.75. The van der Waals surface area contributed by atoms with Crippen LogP contribution in [-0.2, 0) is 26.6 Å². The maximum absolute atomic E-state index is 10.6. The Morgan fingerprint density at radius 1 is 1.70 bits per heavy atom. The molecule has 1 heterocycles. The zero-order valence-electron chi connectivity index (χ0n) is 5.48. The van der Waals surface area contributed by atoms with E-state index in [1.54, 1.807) is 0 Å². The Morgan fingerprint density at radius 3 is 2.50 bits per heavy atom. The smallest absolute Gasteiger partial charge is 0.337 e. The summed E-state index contributed by atoms with van der Waals surface area (Å²) in [5.41, 5.74) is 0.412. The first-order chi connectivity index (χ1) is 4.22. The maximum atomic E-state index is 10.6. The number of esters is 1. The van der Waals surface area contributed by atoms with Crippen LogP contribution in [-0.4, -0.2) is 17.7 Å². The van der Waals surface area contributed by atoms with Crippen LogP contribution in [0.4, 0.5) is 0 Å². The fraction of sp³-hybridized carbons (Fsp3) is 0.500. The molecule has 0 amide bonds. The number of aliphatic hydroxyl groups is 1. The molecule has 1 saturated heterocycles. The molecule has 4 heteroatoms. The first-order valence-electron chi connectivity index (χ1n) is 2.77. The van der Waals surface area contributed by atoms with E-state index in [0.29, 0.717) is 18.6 Å². The number of hydrogen-bond acceptors (Lipinski definition) is 3. The Bertz CT molecular complexity index is 170. The molecule has 1 N–H and O–H groups in total. The third-order valence-corrected chi connectivity index (χ3v) is 1.27. The SMILES string of the molecule is C/C(O)=C1\CCOC1=O.[Cu]. The van der Waals surface area contributed by atoms with Gasteiger partial charge in [-0.15, -0.1) is 0 Å². The van der Waals surface area contributed by atoms with E-state index >= 15 is 0 Å². The van der Waals surface area contributed by atoms with Crippen molar-refractivity contribution in [2.45, 2.75) is 13.3 Å². The minimum absolute atomic E-state index is 0. The Morgan fingerprint density at radius 2 is 2.30 bits per heavy atom. The van der Waals surface area contributed by atoms with Gasteiger partial charge in [0, 0.05) is 23.5 Å². The second-order valence-corrected chi connectivity index (χ2v) is 1.95. The van der Waals surface area contributed by atoms with Crippen LogP contribution in [0, 0.1) is 0 Å². The van der Waals surface area contributed by atoms with Crippen molar-refractivity contribution in [3.8, 4) is 0 Å². The van der Waals surface area contributed by atoms with E-state index < -0.39 is 0 Å². The van der Waals surface area contributed by atoms with Gasteiger partial charge in [0.05, 0.1) is 17.9 Å². The molecule has 0 saturated carbocycles. The normalized spacial score (nSPS) is 21.5. The molecule has 1 aliphatic rings. The number of carbonyl (C=O) groups is 1. The van der Waals surface area contributed by atoms with Crippen LogP contribution < -0.4 is 0 Å². The molecule has 0 unspecified atom stereocenters. The van der Waals surface area contributed by atoms with Gasteiger partial charge >= 0.3 is 5.97 Å². The average molecular weight is 192 g/mol. The van der Waals surface area contributed by atoms with Crippen molar-refractivity contribution in [3.63, 3.8) is 0 Å². The van der Waals surface area contributed by atoms with Gasteiger partial charge in [-0.25, -0.2) is 4.79 Å². The molecule has 0 atom stereocenters. The van der Waals surface area contributed by atoms with E-state index in [2.05, 4.69) is 4.74 Å². The number of ether oxygens (including phenoxy) is 1. The molecule has 3 nitrogen and oxygen atoms in total. The molecule has 10 heavy (non-hydrogen) atoms. The fourth-order valence-electron chi connectivity index (χ4n) is 0.764. The van der Waals surface area contributed by atoms with Crippen LogP contribution in [0.2, 0.25) is 0 Å². The van der Waals surface area contributed by atoms with Crippen LogP contribution in [0.25, 0.3) is 0 Å². The predicted octanol–water partition coefficient (Wildman–Crippen LogP) is 0.763. The van der Waals surface area contributed by atoms with E-state index in [9.17, 15) is 4.79 Å². The summed E-state index contributed by atoms with van der Waals surface area (Å²) in [6.07, 6.45) is 0.543. The van der Waals surface area contributed by atoms with Crippen molar-refractivity contribution in [2.24, 2.45) is 0 Å². The zero-order valence-corrected chi connectivity index (χ0v) is 6.42. The van der Waals surface area contributed by atoms with Gasteiger partial charge in [0.15, 0.2) is 0 Å². The largest absolute Gasteiger partial charge is 0.512 e. The quantitative estimate of drug-likeness (QED) is 0.266. The molecule has 61 valence electrons. The molecule has 1 fully saturated rings. The Kier molecular flexibility index (Phi) is 3.47. The molecule has 0 aromatic carbocycles. The Hall–Kier alpha value is -0.471. The number of cyclic esters (lactones) is 1. The van der Waals surface area contributed by atoms with E-state index in [-0.39, 0.29) is 28.8 Å². The van der Waals surface area contributed by atoms with Crippen LogP contribution >= 0.6 is 0 Å². The van der Waals surface area contributed by atoms with E-state index in [1.165, 1.54) is 6.92 Å². The average Bonchev–Trinajstić information content (AvgIpc) is 2.13. The molecule has 0 aromatic rings. The molecule has 1 radical (unpaired) electrons. The minimum atomic E-state index is -0.380. The van der Waals surface area contributed by atoms with Gasteiger partial charge in [-0.1, -0.05) is 0 Å². The molecule has 0 spiro atoms. The van der Waals surface area contributed by atoms with Crippen molar-refractivity contribution in [2.75, 3.05) is 6.61 Å². The maximum Gasteiger partial charge on any atom is 0.337 e. The molecule has 0 aromatic heterocycles. The topological polar surface area (TPSA) is 46.5 Å². The monoisotopic (exact) mass is 191 g/mol. The number of hydrogen-bond donors (Lipinski definition) is 1. The summed E-state index contributed by atoms with van der Waals surface area (Å²) in [5, 5.41) is 8.80. The summed E-state index contributed by atoms with van der Waals surface area (Å²) < 4.78 is 4.57. The Balaban J connectivity index is 0.000000810. The van der Waals surface area contributed by atoms with E-state index in [4.69, 9.17) is 5.11 Å². The molecule has 1 rings (SSSR count). The van der Waals surface area contributed by atoms with Gasteiger partial charge < -0.3 is 9.84 Å². The number of aliphatic hydroxyl groups excluding tert-OH is 1. The second kappa shape index (κ2) is 3.64. The molecule has 0 bridgehead atoms. The molecule has 1 aliphatic heterocycles. The van der Waals surface area contributed by atoms with Crippen molar-refractivity contribution < 1.29 is 31.7 Å². The summed E-state index contributed by atoms with van der Waals surface area (Å²) in [5.74, 6) is -0.299. The van der Waals surface area contributed by atoms with Crippen LogP contribution in [0.15, 0.2) is 11.3 Å². The first kappa shape index (κ1) is 9.53. The summed E-state index contributed by atoms with van der Waals surface area (Å²) in [6, 6.07) is 0. The second-order valence-electron chi connectivity index (χ2n) is 1.95. The van der Waals surface area contributed by atoms with Gasteiger partial charge in [0.1, 0.15) is 0 Å². The van der Waals surface area contributed by atoms with Crippen molar-refractivity contribution in [1.29, 1.82) is 0 Å². The number of rotatable bonds is 0. The van der Waals surface area contributed by atoms with Gasteiger partial charge in [-0.05, 0) is 6.92 Å². The minimum Gasteiger partial charge on any atom is -0.512 e. The number of carbonyl (C=O) groups excluding carboxylic acids is 1. The van der Waals surface area contributed by atoms with Crippen LogP contribution in [0.3, 0.4) is 0 Å². The van der Waals surface area contributed by atoms with Gasteiger partial charge in [-0.3, -0.25) is 0 Å². The summed E-state index contributed by atoms with van der Waals surface area (Å²) in [4.78, 5) is 10.6. The van der Waals surface area contributed by atoms with E-state index in [0.717, 1.165) is 0 Å². The molecular formula is C6H8CuO3. The molecular weight excluding hydrogens is 184 g/mol. The summed E-state index contributed by atoms with van der Waals surface area (Å²) >= 11 is 0. The first-order valence-corrected chi connectivity index (χ1v) is 2.77. The van der Waals surface area contributed by atoms with Crippen LogP contribution in [0.5, 0.6) is 0 Å². The third-order valence-electron chi connectivity index (χ3n) is 1.27. The van der Waals surface area contributed by atoms with Gasteiger partial charge in [0.2, 0.25) is 0 Å². The fourth-order valence-corrected chi connectivity index (χ4v) is 0.764. The van der Waals surface area contributed by atoms with Gasteiger partial charge in [0.25, 0.3) is 0 Å². The van der Waals surface area contributed by atoms with Gasteiger partial charge in [-0.2, -0.15) is 0 Å².